The molecule has 2 atom stereocenters. The molecule has 2 unspecified atom stereocenters. The van der Waals surface area contributed by atoms with Crippen LogP contribution < -0.4 is 10.0 Å². The minimum absolute atomic E-state index is 0.00563. The number of carbonyl (C=O) groups is 2. The normalized spacial score (nSPS) is 22.8. The molecule has 3 amide bonds. The van der Waals surface area contributed by atoms with Crippen molar-refractivity contribution in [3.05, 3.63) is 29.8 Å². The lowest BCUT2D eigenvalue weighted by Crippen LogP contribution is -2.48. The van der Waals surface area contributed by atoms with Gasteiger partial charge in [0.05, 0.1) is 17.5 Å². The van der Waals surface area contributed by atoms with Crippen LogP contribution >= 0.6 is 0 Å². The van der Waals surface area contributed by atoms with Crippen molar-refractivity contribution in [3.63, 3.8) is 0 Å². The molecule has 0 aliphatic carbocycles. The molecule has 1 aromatic rings. The first-order valence-electron chi connectivity index (χ1n) is 11.2. The monoisotopic (exact) mass is 466 g/mol. The summed E-state index contributed by atoms with van der Waals surface area (Å²) in [5.74, 6) is -0.0456. The molecule has 3 rings (SSSR count). The summed E-state index contributed by atoms with van der Waals surface area (Å²) in [4.78, 5) is 28.8. The smallest absolute Gasteiger partial charge is 0.321 e. The largest absolute Gasteiger partial charge is 0.372 e. The summed E-state index contributed by atoms with van der Waals surface area (Å²) in [6, 6.07) is 6.50. The molecular formula is C22H34N4O5S. The van der Waals surface area contributed by atoms with Gasteiger partial charge in [0.1, 0.15) is 0 Å². The predicted octanol–water partition coefficient (Wildman–Crippen LogP) is 2.26. The highest BCUT2D eigenvalue weighted by atomic mass is 32.2. The van der Waals surface area contributed by atoms with E-state index in [4.69, 9.17) is 4.74 Å². The Morgan fingerprint density at radius 2 is 1.56 bits per heavy atom. The van der Waals surface area contributed by atoms with Crippen LogP contribution in [-0.4, -0.2) is 79.8 Å². The Kier molecular flexibility index (Phi) is 7.79. The van der Waals surface area contributed by atoms with Gasteiger partial charge in [0, 0.05) is 43.5 Å². The van der Waals surface area contributed by atoms with Crippen molar-refractivity contribution in [2.45, 2.75) is 64.0 Å². The number of rotatable bonds is 5. The number of piperidine rings is 1. The van der Waals surface area contributed by atoms with Gasteiger partial charge in [-0.15, -0.1) is 0 Å². The Morgan fingerprint density at radius 3 is 2.09 bits per heavy atom. The lowest BCUT2D eigenvalue weighted by molar-refractivity contribution is -0.0586. The Balaban J connectivity index is 1.50. The van der Waals surface area contributed by atoms with Gasteiger partial charge in [0.2, 0.25) is 10.0 Å². The average molecular weight is 467 g/mol. The van der Waals surface area contributed by atoms with Crippen molar-refractivity contribution in [3.8, 4) is 0 Å². The molecule has 0 aromatic heterocycles. The second kappa shape index (κ2) is 10.2. The standard InChI is InChI=1S/C22H34N4O5S/c1-15(2)32(29,30)24-20-9-11-25(12-10-20)22(28)23-19-7-5-18(6-8-19)21(27)26-13-16(3)31-17(4)14-26/h5-8,15-17,20,24H,9-14H2,1-4H3,(H,23,28). The molecule has 2 fully saturated rings. The van der Waals surface area contributed by atoms with E-state index in [0.29, 0.717) is 50.3 Å². The summed E-state index contributed by atoms with van der Waals surface area (Å²) in [7, 11) is -3.32. The van der Waals surface area contributed by atoms with Crippen molar-refractivity contribution in [1.29, 1.82) is 0 Å². The zero-order valence-corrected chi connectivity index (χ0v) is 20.0. The van der Waals surface area contributed by atoms with Crippen LogP contribution in [0.3, 0.4) is 0 Å². The Labute approximate surface area is 190 Å². The first-order valence-corrected chi connectivity index (χ1v) is 12.7. The summed E-state index contributed by atoms with van der Waals surface area (Å²) < 4.78 is 32.5. The van der Waals surface area contributed by atoms with E-state index >= 15 is 0 Å². The molecule has 2 saturated heterocycles. The van der Waals surface area contributed by atoms with E-state index in [2.05, 4.69) is 10.0 Å². The van der Waals surface area contributed by atoms with Crippen LogP contribution in [0.1, 0.15) is 50.9 Å². The maximum Gasteiger partial charge on any atom is 0.321 e. The molecule has 2 aliphatic heterocycles. The van der Waals surface area contributed by atoms with Gasteiger partial charge in [0.15, 0.2) is 0 Å². The molecule has 32 heavy (non-hydrogen) atoms. The quantitative estimate of drug-likeness (QED) is 0.692. The van der Waals surface area contributed by atoms with Gasteiger partial charge in [-0.25, -0.2) is 17.9 Å². The van der Waals surface area contributed by atoms with Crippen LogP contribution in [-0.2, 0) is 14.8 Å². The highest BCUT2D eigenvalue weighted by Crippen LogP contribution is 2.18. The van der Waals surface area contributed by atoms with Gasteiger partial charge < -0.3 is 19.9 Å². The van der Waals surface area contributed by atoms with Crippen LogP contribution in [0.4, 0.5) is 10.5 Å². The third kappa shape index (κ3) is 6.20. The zero-order chi connectivity index (χ0) is 23.5. The Bertz CT molecular complexity index is 901. The fraction of sp³-hybridized carbons (Fsp3) is 0.636. The number of ether oxygens (including phenoxy) is 1. The summed E-state index contributed by atoms with van der Waals surface area (Å²) in [6.45, 7) is 9.27. The molecule has 0 saturated carbocycles. The third-order valence-electron chi connectivity index (χ3n) is 5.82. The van der Waals surface area contributed by atoms with Crippen molar-refractivity contribution in [2.75, 3.05) is 31.5 Å². The molecule has 10 heteroatoms. The molecule has 2 N–H and O–H groups in total. The van der Waals surface area contributed by atoms with Crippen molar-refractivity contribution in [2.24, 2.45) is 0 Å². The van der Waals surface area contributed by atoms with E-state index in [1.165, 1.54) is 0 Å². The van der Waals surface area contributed by atoms with E-state index in [1.807, 2.05) is 13.8 Å². The highest BCUT2D eigenvalue weighted by Gasteiger charge is 2.28. The predicted molar refractivity (Wildman–Crippen MR) is 123 cm³/mol. The third-order valence-corrected chi connectivity index (χ3v) is 7.73. The number of morpholine rings is 1. The maximum absolute atomic E-state index is 12.8. The first kappa shape index (κ1) is 24.5. The number of nitrogens with zero attached hydrogens (tertiary/aromatic N) is 2. The van der Waals surface area contributed by atoms with E-state index in [-0.39, 0.29) is 30.2 Å². The van der Waals surface area contributed by atoms with Crippen LogP contribution in [0, 0.1) is 0 Å². The molecule has 2 aliphatic rings. The zero-order valence-electron chi connectivity index (χ0n) is 19.2. The fourth-order valence-corrected chi connectivity index (χ4v) is 4.97. The number of amides is 3. The molecule has 0 radical (unpaired) electrons. The summed E-state index contributed by atoms with van der Waals surface area (Å²) >= 11 is 0. The molecule has 2 heterocycles. The van der Waals surface area contributed by atoms with Crippen molar-refractivity contribution < 1.29 is 22.7 Å². The topological polar surface area (TPSA) is 108 Å². The first-order chi connectivity index (χ1) is 15.0. The van der Waals surface area contributed by atoms with Crippen molar-refractivity contribution >= 4 is 27.6 Å². The Hall–Kier alpha value is -2.17. The van der Waals surface area contributed by atoms with Gasteiger partial charge in [-0.05, 0) is 64.8 Å². The van der Waals surface area contributed by atoms with E-state index < -0.39 is 15.3 Å². The van der Waals surface area contributed by atoms with Crippen LogP contribution in [0.5, 0.6) is 0 Å². The van der Waals surface area contributed by atoms with E-state index in [0.717, 1.165) is 0 Å². The van der Waals surface area contributed by atoms with Gasteiger partial charge in [-0.2, -0.15) is 0 Å². The van der Waals surface area contributed by atoms with Crippen molar-refractivity contribution in [1.82, 2.24) is 14.5 Å². The SMILES string of the molecule is CC1CN(C(=O)c2ccc(NC(=O)N3CCC(NS(=O)(=O)C(C)C)CC3)cc2)CC(C)O1. The molecular weight excluding hydrogens is 432 g/mol. The number of sulfonamides is 1. The highest BCUT2D eigenvalue weighted by molar-refractivity contribution is 7.90. The Morgan fingerprint density at radius 1 is 1.00 bits per heavy atom. The van der Waals surface area contributed by atoms with Crippen LogP contribution in [0.2, 0.25) is 0 Å². The molecule has 9 nitrogen and oxygen atoms in total. The minimum atomic E-state index is -3.32. The fourth-order valence-electron chi connectivity index (χ4n) is 3.99. The second-order valence-electron chi connectivity index (χ2n) is 8.95. The lowest BCUT2D eigenvalue weighted by Gasteiger charge is -2.35. The number of hydrogen-bond donors (Lipinski definition) is 2. The van der Waals surface area contributed by atoms with E-state index in [1.54, 1.807) is 47.9 Å². The van der Waals surface area contributed by atoms with Crippen LogP contribution in [0.25, 0.3) is 0 Å². The maximum atomic E-state index is 12.8. The van der Waals surface area contributed by atoms with Gasteiger partial charge >= 0.3 is 6.03 Å². The van der Waals surface area contributed by atoms with Crippen LogP contribution in [0.15, 0.2) is 24.3 Å². The van der Waals surface area contributed by atoms with E-state index in [9.17, 15) is 18.0 Å². The summed E-state index contributed by atoms with van der Waals surface area (Å²) in [5, 5.41) is 2.38. The van der Waals surface area contributed by atoms with Gasteiger partial charge in [-0.3, -0.25) is 4.79 Å². The summed E-state index contributed by atoms with van der Waals surface area (Å²) in [5.41, 5.74) is 1.18. The number of carbonyl (C=O) groups excluding carboxylic acids is 2. The molecule has 0 bridgehead atoms. The molecule has 1 aromatic carbocycles. The lowest BCUT2D eigenvalue weighted by atomic mass is 10.1. The number of nitrogens with one attached hydrogen (secondary N) is 2. The second-order valence-corrected chi connectivity index (χ2v) is 11.2. The average Bonchev–Trinajstić information content (AvgIpc) is 2.73. The molecule has 0 spiro atoms. The summed E-state index contributed by atoms with van der Waals surface area (Å²) in [6.07, 6.45) is 1.16. The van der Waals surface area contributed by atoms with Gasteiger partial charge in [0.25, 0.3) is 5.91 Å². The molecule has 178 valence electrons. The number of anilines is 1. The number of benzene rings is 1. The van der Waals surface area contributed by atoms with Gasteiger partial charge in [-0.1, -0.05) is 0 Å². The number of likely N-dealkylation sites (tertiary alicyclic amines) is 1. The number of urea groups is 1. The minimum Gasteiger partial charge on any atom is -0.372 e. The number of hydrogen-bond acceptors (Lipinski definition) is 5.